The lowest BCUT2D eigenvalue weighted by Gasteiger charge is -2.26. The zero-order chi connectivity index (χ0) is 11.7. The van der Waals surface area contributed by atoms with E-state index in [1.54, 1.807) is 12.3 Å². The number of hydrogen-bond acceptors (Lipinski definition) is 2. The Balaban J connectivity index is 1.46. The molecular formula is C12H14B2N2O. The minimum Gasteiger partial charge on any atom is -0.479 e. The van der Waals surface area contributed by atoms with E-state index in [9.17, 15) is 0 Å². The van der Waals surface area contributed by atoms with Crippen molar-refractivity contribution in [3.8, 4) is 5.88 Å². The first-order valence-electron chi connectivity index (χ1n) is 6.31. The molecule has 0 atom stereocenters. The predicted octanol–water partition coefficient (Wildman–Crippen LogP) is 1.43. The third-order valence-electron chi connectivity index (χ3n) is 5.08. The van der Waals surface area contributed by atoms with E-state index >= 15 is 0 Å². The quantitative estimate of drug-likeness (QED) is 0.785. The van der Waals surface area contributed by atoms with Crippen LogP contribution in [0.4, 0.5) is 0 Å². The van der Waals surface area contributed by atoms with Crippen LogP contribution in [0.5, 0.6) is 5.88 Å². The molecule has 3 nitrogen and oxygen atoms in total. The number of fused-ring (bicyclic) bond motifs is 1. The maximum atomic E-state index is 6.29. The minimum absolute atomic E-state index is 0.364. The Bertz CT molecular complexity index is 431. The van der Waals surface area contributed by atoms with Crippen molar-refractivity contribution in [2.75, 3.05) is 6.61 Å². The molecule has 1 heterocycles. The van der Waals surface area contributed by atoms with Crippen molar-refractivity contribution in [3.63, 3.8) is 0 Å². The molecule has 1 N–H and O–H groups in total. The summed E-state index contributed by atoms with van der Waals surface area (Å²) in [4.78, 5) is 0. The van der Waals surface area contributed by atoms with Crippen molar-refractivity contribution < 1.29 is 4.74 Å². The first kappa shape index (κ1) is 10.1. The summed E-state index contributed by atoms with van der Waals surface area (Å²) in [6.07, 6.45) is 6.93. The molecule has 2 spiro atoms. The third-order valence-corrected chi connectivity index (χ3v) is 5.08. The normalized spacial score (nSPS) is 27.3. The van der Waals surface area contributed by atoms with Crippen LogP contribution in [0.1, 0.15) is 25.7 Å². The van der Waals surface area contributed by atoms with Crippen LogP contribution in [0.3, 0.4) is 0 Å². The maximum absolute atomic E-state index is 6.29. The molecule has 1 aromatic heterocycles. The molecule has 3 aliphatic carbocycles. The van der Waals surface area contributed by atoms with Crippen LogP contribution < -0.4 is 4.74 Å². The first-order chi connectivity index (χ1) is 8.11. The van der Waals surface area contributed by atoms with E-state index in [0.29, 0.717) is 29.2 Å². The fourth-order valence-electron chi connectivity index (χ4n) is 4.22. The molecule has 84 valence electrons. The van der Waals surface area contributed by atoms with Gasteiger partial charge < -0.3 is 4.74 Å². The molecule has 0 amide bonds. The Labute approximate surface area is 104 Å². The molecule has 5 heteroatoms. The molecule has 3 saturated carbocycles. The van der Waals surface area contributed by atoms with Gasteiger partial charge in [-0.2, -0.15) is 5.10 Å². The molecule has 0 unspecified atom stereocenters. The van der Waals surface area contributed by atoms with Gasteiger partial charge in [-0.25, -0.2) is 5.10 Å². The van der Waals surface area contributed by atoms with E-state index in [2.05, 4.69) is 10.2 Å². The molecule has 0 aliphatic heterocycles. The molecular weight excluding hydrogens is 210 g/mol. The zero-order valence-corrected chi connectivity index (χ0v) is 9.78. The Morgan fingerprint density at radius 1 is 1.35 bits per heavy atom. The van der Waals surface area contributed by atoms with E-state index in [1.807, 2.05) is 0 Å². The number of hydrogen-bond donors (Lipinski definition) is 1. The first-order valence-corrected chi connectivity index (χ1v) is 6.31. The van der Waals surface area contributed by atoms with Gasteiger partial charge in [0.15, 0.2) is 0 Å². The van der Waals surface area contributed by atoms with E-state index < -0.39 is 5.21 Å². The molecule has 1 aromatic rings. The summed E-state index contributed by atoms with van der Waals surface area (Å²) in [6, 6.07) is 1.78. The monoisotopic (exact) mass is 224 g/mol. The van der Waals surface area contributed by atoms with Gasteiger partial charge in [0.05, 0.1) is 28.5 Å². The topological polar surface area (TPSA) is 37.9 Å². The summed E-state index contributed by atoms with van der Waals surface area (Å²) in [5.41, 5.74) is 1.02. The Hall–Kier alpha value is -0.860. The van der Waals surface area contributed by atoms with E-state index in [-0.39, 0.29) is 0 Å². The molecule has 4 rings (SSSR count). The number of ether oxygens (including phenoxy) is 1. The molecule has 3 aliphatic rings. The van der Waals surface area contributed by atoms with E-state index in [4.69, 9.17) is 20.4 Å². The second kappa shape index (κ2) is 2.76. The number of nitrogens with one attached hydrogen (secondary N) is 1. The highest BCUT2D eigenvalue weighted by molar-refractivity contribution is 6.40. The summed E-state index contributed by atoms with van der Waals surface area (Å²) in [5, 5.41) is 5.90. The minimum atomic E-state index is -0.696. The fraction of sp³-hybridized carbons (Fsp3) is 0.750. The van der Waals surface area contributed by atoms with Gasteiger partial charge in [0.2, 0.25) is 5.88 Å². The average Bonchev–Trinajstić information content (AvgIpc) is 3.24. The Kier molecular flexibility index (Phi) is 1.64. The van der Waals surface area contributed by atoms with Crippen LogP contribution in [0, 0.1) is 16.7 Å². The van der Waals surface area contributed by atoms with Crippen LogP contribution in [-0.4, -0.2) is 32.5 Å². The molecule has 17 heavy (non-hydrogen) atoms. The van der Waals surface area contributed by atoms with Gasteiger partial charge in [0.25, 0.3) is 0 Å². The molecule has 0 aromatic carbocycles. The van der Waals surface area contributed by atoms with Crippen LogP contribution in [0.15, 0.2) is 12.3 Å². The van der Waals surface area contributed by atoms with Crippen LogP contribution in [0.2, 0.25) is 5.21 Å². The van der Waals surface area contributed by atoms with Crippen LogP contribution >= 0.6 is 0 Å². The number of rotatable bonds is 4. The maximum Gasteiger partial charge on any atom is 0.208 e. The number of aromatic nitrogens is 2. The Morgan fingerprint density at radius 3 is 2.47 bits per heavy atom. The predicted molar refractivity (Wildman–Crippen MR) is 65.1 cm³/mol. The summed E-state index contributed by atoms with van der Waals surface area (Å²) in [7, 11) is 12.6. The van der Waals surface area contributed by atoms with Crippen molar-refractivity contribution in [2.24, 2.45) is 16.7 Å². The smallest absolute Gasteiger partial charge is 0.208 e. The van der Waals surface area contributed by atoms with Gasteiger partial charge in [-0.05, 0) is 42.4 Å². The lowest BCUT2D eigenvalue weighted by molar-refractivity contribution is 0.268. The number of H-pyrrole nitrogens is 1. The standard InChI is InChI=1S/C12H14B2N2O/c13-12(14,7-17-8-1-6-15-16-8)9-10(2-3-10)11(9)4-5-11/h1,6,9H,2-5,7H2,(H,15,16). The fourth-order valence-corrected chi connectivity index (χ4v) is 4.22. The van der Waals surface area contributed by atoms with Crippen molar-refractivity contribution in [1.82, 2.24) is 10.2 Å². The third kappa shape index (κ3) is 1.18. The summed E-state index contributed by atoms with van der Waals surface area (Å²) in [6.45, 7) is 0.364. The number of nitrogens with zero attached hydrogens (tertiary/aromatic N) is 1. The largest absolute Gasteiger partial charge is 0.479 e. The van der Waals surface area contributed by atoms with Crippen molar-refractivity contribution in [1.29, 1.82) is 0 Å². The summed E-state index contributed by atoms with van der Waals surface area (Å²) >= 11 is 0. The van der Waals surface area contributed by atoms with Crippen molar-refractivity contribution in [2.45, 2.75) is 30.9 Å². The highest BCUT2D eigenvalue weighted by Crippen LogP contribution is 2.95. The number of aromatic amines is 1. The second-order valence-corrected chi connectivity index (χ2v) is 6.07. The zero-order valence-electron chi connectivity index (χ0n) is 9.78. The highest BCUT2D eigenvalue weighted by Gasteiger charge is 2.88. The van der Waals surface area contributed by atoms with E-state index in [1.165, 1.54) is 25.7 Å². The Morgan fingerprint density at radius 2 is 2.00 bits per heavy atom. The van der Waals surface area contributed by atoms with Gasteiger partial charge in [0.1, 0.15) is 0 Å². The summed E-state index contributed by atoms with van der Waals surface area (Å²) in [5.74, 6) is 1.10. The molecule has 0 bridgehead atoms. The highest BCUT2D eigenvalue weighted by atomic mass is 16.5. The van der Waals surface area contributed by atoms with Crippen molar-refractivity contribution in [3.05, 3.63) is 12.3 Å². The van der Waals surface area contributed by atoms with Crippen LogP contribution in [0.25, 0.3) is 0 Å². The van der Waals surface area contributed by atoms with Gasteiger partial charge in [0, 0.05) is 6.07 Å². The van der Waals surface area contributed by atoms with E-state index in [0.717, 1.165) is 0 Å². The van der Waals surface area contributed by atoms with Crippen molar-refractivity contribution >= 4 is 15.7 Å². The molecule has 0 saturated heterocycles. The lowest BCUT2D eigenvalue weighted by Crippen LogP contribution is -2.26. The average molecular weight is 224 g/mol. The van der Waals surface area contributed by atoms with Gasteiger partial charge in [-0.1, -0.05) is 5.21 Å². The van der Waals surface area contributed by atoms with Gasteiger partial charge in [-0.15, -0.1) is 0 Å². The summed E-state index contributed by atoms with van der Waals surface area (Å²) < 4.78 is 5.59. The van der Waals surface area contributed by atoms with Gasteiger partial charge >= 0.3 is 0 Å². The lowest BCUT2D eigenvalue weighted by atomic mass is 9.51. The van der Waals surface area contributed by atoms with Gasteiger partial charge in [-0.3, -0.25) is 0 Å². The molecule has 3 fully saturated rings. The van der Waals surface area contributed by atoms with Crippen LogP contribution in [-0.2, 0) is 0 Å². The SMILES string of the molecule is [B]C([B])(COc1ccn[nH]1)C1C2(CC2)C12CC2. The molecule has 4 radical (unpaired) electrons. The second-order valence-electron chi connectivity index (χ2n) is 6.07.